The van der Waals surface area contributed by atoms with Crippen LogP contribution in [0.4, 0.5) is 5.69 Å². The fourth-order valence-electron chi connectivity index (χ4n) is 4.12. The van der Waals surface area contributed by atoms with E-state index < -0.39 is 10.0 Å². The Labute approximate surface area is 195 Å². The maximum atomic E-state index is 12.9. The summed E-state index contributed by atoms with van der Waals surface area (Å²) in [6.45, 7) is 1.95. The van der Waals surface area contributed by atoms with Crippen LogP contribution in [0.25, 0.3) is 0 Å². The van der Waals surface area contributed by atoms with Crippen LogP contribution >= 0.6 is 11.6 Å². The quantitative estimate of drug-likeness (QED) is 0.554. The second kappa shape index (κ2) is 9.63. The molecule has 0 fully saturated rings. The lowest BCUT2D eigenvalue weighted by molar-refractivity contribution is 0.180. The summed E-state index contributed by atoms with van der Waals surface area (Å²) in [4.78, 5) is 4.63. The second-order valence-corrected chi connectivity index (χ2v) is 10.5. The molecule has 0 bridgehead atoms. The highest BCUT2D eigenvalue weighted by atomic mass is 35.5. The zero-order valence-electron chi connectivity index (χ0n) is 18.3. The molecule has 32 heavy (non-hydrogen) atoms. The lowest BCUT2D eigenvalue weighted by Crippen LogP contribution is -2.40. The number of sulfonamides is 1. The number of hydrogen-bond acceptors (Lipinski definition) is 4. The van der Waals surface area contributed by atoms with Gasteiger partial charge in [-0.3, -0.25) is 4.90 Å². The average Bonchev–Trinajstić information content (AvgIpc) is 2.79. The first kappa shape index (κ1) is 22.8. The minimum Gasteiger partial charge on any atom is -0.378 e. The first-order chi connectivity index (χ1) is 15.3. The van der Waals surface area contributed by atoms with Gasteiger partial charge in [-0.15, -0.1) is 0 Å². The summed E-state index contributed by atoms with van der Waals surface area (Å²) in [5.41, 5.74) is 4.87. The molecule has 3 aromatic carbocycles. The van der Waals surface area contributed by atoms with Crippen LogP contribution in [0.1, 0.15) is 22.7 Å². The molecule has 168 valence electrons. The maximum Gasteiger partial charge on any atom is 0.240 e. The SMILES string of the molecule is CN(C)c1ccc(C(CNS(=O)(=O)c2ccc(Cl)cc2)N2CCc3ccccc3C2)cc1. The molecule has 1 aliphatic rings. The van der Waals surface area contributed by atoms with Crippen molar-refractivity contribution in [3.05, 3.63) is 94.5 Å². The zero-order chi connectivity index (χ0) is 22.7. The van der Waals surface area contributed by atoms with E-state index in [1.165, 1.54) is 23.3 Å². The van der Waals surface area contributed by atoms with Gasteiger partial charge in [0.1, 0.15) is 0 Å². The molecular formula is C25H28ClN3O2S. The molecule has 0 aliphatic carbocycles. The Hall–Kier alpha value is -2.38. The summed E-state index contributed by atoms with van der Waals surface area (Å²) in [5, 5.41) is 0.509. The van der Waals surface area contributed by atoms with Gasteiger partial charge in [-0.05, 0) is 59.5 Å². The topological polar surface area (TPSA) is 52.7 Å². The van der Waals surface area contributed by atoms with E-state index in [0.29, 0.717) is 5.02 Å². The van der Waals surface area contributed by atoms with Gasteiger partial charge in [0.15, 0.2) is 0 Å². The third-order valence-corrected chi connectivity index (χ3v) is 7.68. The molecule has 0 amide bonds. The Morgan fingerprint density at radius 1 is 0.969 bits per heavy atom. The van der Waals surface area contributed by atoms with Crippen LogP contribution in [0.2, 0.25) is 5.02 Å². The van der Waals surface area contributed by atoms with E-state index >= 15 is 0 Å². The molecule has 1 atom stereocenters. The normalized spacial score (nSPS) is 15.2. The Balaban J connectivity index is 1.59. The second-order valence-electron chi connectivity index (χ2n) is 8.30. The number of hydrogen-bond donors (Lipinski definition) is 1. The molecule has 5 nitrogen and oxygen atoms in total. The minimum atomic E-state index is -3.64. The van der Waals surface area contributed by atoms with Crippen molar-refractivity contribution in [3.8, 4) is 0 Å². The van der Waals surface area contributed by atoms with Crippen molar-refractivity contribution in [3.63, 3.8) is 0 Å². The highest BCUT2D eigenvalue weighted by Gasteiger charge is 2.26. The van der Waals surface area contributed by atoms with E-state index in [2.05, 4.69) is 63.1 Å². The first-order valence-corrected chi connectivity index (χ1v) is 12.5. The van der Waals surface area contributed by atoms with Crippen LogP contribution in [0.5, 0.6) is 0 Å². The lowest BCUT2D eigenvalue weighted by atomic mass is 9.96. The van der Waals surface area contributed by atoms with Crippen LogP contribution in [-0.4, -0.2) is 40.5 Å². The third-order valence-electron chi connectivity index (χ3n) is 5.99. The van der Waals surface area contributed by atoms with Gasteiger partial charge in [-0.2, -0.15) is 0 Å². The zero-order valence-corrected chi connectivity index (χ0v) is 19.9. The van der Waals surface area contributed by atoms with Crippen LogP contribution < -0.4 is 9.62 Å². The van der Waals surface area contributed by atoms with Gasteiger partial charge in [0.25, 0.3) is 0 Å². The van der Waals surface area contributed by atoms with E-state index in [-0.39, 0.29) is 17.5 Å². The molecule has 1 heterocycles. The predicted molar refractivity (Wildman–Crippen MR) is 131 cm³/mol. The van der Waals surface area contributed by atoms with Gasteiger partial charge in [-0.1, -0.05) is 48.0 Å². The average molecular weight is 470 g/mol. The van der Waals surface area contributed by atoms with Crippen molar-refractivity contribution in [2.24, 2.45) is 0 Å². The summed E-state index contributed by atoms with van der Waals surface area (Å²) >= 11 is 5.92. The number of fused-ring (bicyclic) bond motifs is 1. The fourth-order valence-corrected chi connectivity index (χ4v) is 5.29. The minimum absolute atomic E-state index is 0.0818. The van der Waals surface area contributed by atoms with E-state index in [4.69, 9.17) is 11.6 Å². The van der Waals surface area contributed by atoms with Crippen molar-refractivity contribution < 1.29 is 8.42 Å². The largest absolute Gasteiger partial charge is 0.378 e. The summed E-state index contributed by atoms with van der Waals surface area (Å²) in [6.07, 6.45) is 0.951. The Kier molecular flexibility index (Phi) is 6.86. The molecule has 7 heteroatoms. The van der Waals surface area contributed by atoms with Crippen molar-refractivity contribution in [2.75, 3.05) is 32.1 Å². The molecule has 0 spiro atoms. The van der Waals surface area contributed by atoms with Gasteiger partial charge in [0.05, 0.1) is 4.90 Å². The van der Waals surface area contributed by atoms with Gasteiger partial charge in [0.2, 0.25) is 10.0 Å². The number of nitrogens with one attached hydrogen (secondary N) is 1. The fraction of sp³-hybridized carbons (Fsp3) is 0.280. The molecular weight excluding hydrogens is 442 g/mol. The monoisotopic (exact) mass is 469 g/mol. The number of benzene rings is 3. The van der Waals surface area contributed by atoms with E-state index in [9.17, 15) is 8.42 Å². The number of halogens is 1. The van der Waals surface area contributed by atoms with Gasteiger partial charge >= 0.3 is 0 Å². The molecule has 1 N–H and O–H groups in total. The van der Waals surface area contributed by atoms with Crippen LogP contribution in [0.15, 0.2) is 77.7 Å². The third kappa shape index (κ3) is 5.15. The molecule has 3 aromatic rings. The Bertz CT molecular complexity index is 1160. The summed E-state index contributed by atoms with van der Waals surface area (Å²) in [5.74, 6) is 0. The number of rotatable bonds is 7. The van der Waals surface area contributed by atoms with Crippen molar-refractivity contribution in [2.45, 2.75) is 23.9 Å². The standard InChI is InChI=1S/C25H28ClN3O2S/c1-28(2)23-11-7-20(8-12-23)25(29-16-15-19-5-3-4-6-21(19)18-29)17-27-32(30,31)24-13-9-22(26)10-14-24/h3-14,25,27H,15-18H2,1-2H3. The molecule has 1 unspecified atom stereocenters. The van der Waals surface area contributed by atoms with Crippen molar-refractivity contribution >= 4 is 27.3 Å². The molecule has 0 saturated carbocycles. The Morgan fingerprint density at radius 3 is 2.28 bits per heavy atom. The summed E-state index contributed by atoms with van der Waals surface area (Å²) < 4.78 is 28.7. The first-order valence-electron chi connectivity index (χ1n) is 10.7. The number of nitrogens with zero attached hydrogens (tertiary/aromatic N) is 2. The highest BCUT2D eigenvalue weighted by molar-refractivity contribution is 7.89. The molecule has 0 radical (unpaired) electrons. The van der Waals surface area contributed by atoms with Gasteiger partial charge in [0, 0.05) is 50.5 Å². The Morgan fingerprint density at radius 2 is 1.62 bits per heavy atom. The highest BCUT2D eigenvalue weighted by Crippen LogP contribution is 2.29. The van der Waals surface area contributed by atoms with Crippen molar-refractivity contribution in [1.29, 1.82) is 0 Å². The van der Waals surface area contributed by atoms with Crippen LogP contribution in [-0.2, 0) is 23.0 Å². The molecule has 0 saturated heterocycles. The maximum absolute atomic E-state index is 12.9. The van der Waals surface area contributed by atoms with E-state index in [1.807, 2.05) is 14.1 Å². The predicted octanol–water partition coefficient (Wildman–Crippen LogP) is 4.48. The molecule has 4 rings (SSSR count). The van der Waals surface area contributed by atoms with Crippen LogP contribution in [0.3, 0.4) is 0 Å². The van der Waals surface area contributed by atoms with Crippen molar-refractivity contribution in [1.82, 2.24) is 9.62 Å². The van der Waals surface area contributed by atoms with Gasteiger partial charge < -0.3 is 4.90 Å². The summed E-state index contributed by atoms with van der Waals surface area (Å²) in [7, 11) is 0.372. The van der Waals surface area contributed by atoms with E-state index in [1.54, 1.807) is 12.1 Å². The molecule has 1 aliphatic heterocycles. The molecule has 0 aromatic heterocycles. The smallest absolute Gasteiger partial charge is 0.240 e. The van der Waals surface area contributed by atoms with Crippen LogP contribution in [0, 0.1) is 0 Å². The number of anilines is 1. The van der Waals surface area contributed by atoms with E-state index in [0.717, 1.165) is 30.8 Å². The lowest BCUT2D eigenvalue weighted by Gasteiger charge is -2.36. The van der Waals surface area contributed by atoms with Gasteiger partial charge in [-0.25, -0.2) is 13.1 Å². The summed E-state index contributed by atoms with van der Waals surface area (Å²) in [6, 6.07) is 23.0.